The SMILES string of the molecule is CN(C)C(=O)CCC(=O)N1CCNC(=O)[C@H](Cc2ccccc2)NC(=O)[C@@H]2C[C@@H](O)CN2C(=O)[C@@H](Cc2c[nH]c3ccccc23)NC(=O)C1. The van der Waals surface area contributed by atoms with Crippen molar-refractivity contribution < 1.29 is 33.9 Å². The Hall–Kier alpha value is -5.24. The normalized spacial score (nSPS) is 22.4. The van der Waals surface area contributed by atoms with Gasteiger partial charge in [0.2, 0.25) is 35.4 Å². The van der Waals surface area contributed by atoms with Gasteiger partial charge < -0.3 is 40.7 Å². The van der Waals surface area contributed by atoms with Crippen LogP contribution in [-0.4, -0.2) is 125 Å². The number of aliphatic hydroxyl groups is 1. The predicted molar refractivity (Wildman–Crippen MR) is 180 cm³/mol. The Labute approximate surface area is 284 Å². The number of benzene rings is 2. The fourth-order valence-electron chi connectivity index (χ4n) is 6.29. The van der Waals surface area contributed by atoms with Crippen LogP contribution >= 0.6 is 0 Å². The number of fused-ring (bicyclic) bond motifs is 2. The maximum Gasteiger partial charge on any atom is 0.246 e. The topological polar surface area (TPSA) is 184 Å². The van der Waals surface area contributed by atoms with E-state index in [2.05, 4.69) is 20.9 Å². The molecule has 3 heterocycles. The molecule has 0 saturated carbocycles. The number of nitrogens with zero attached hydrogens (tertiary/aromatic N) is 3. The summed E-state index contributed by atoms with van der Waals surface area (Å²) in [5, 5.41) is 19.9. The fourth-order valence-corrected chi connectivity index (χ4v) is 6.29. The van der Waals surface area contributed by atoms with E-state index in [1.54, 1.807) is 20.3 Å². The van der Waals surface area contributed by atoms with Crippen LogP contribution in [0.3, 0.4) is 0 Å². The van der Waals surface area contributed by atoms with Crippen molar-refractivity contribution in [3.8, 4) is 0 Å². The maximum absolute atomic E-state index is 14.3. The van der Waals surface area contributed by atoms with Crippen LogP contribution in [0.2, 0.25) is 0 Å². The molecule has 2 saturated heterocycles. The molecule has 49 heavy (non-hydrogen) atoms. The van der Waals surface area contributed by atoms with Crippen LogP contribution in [-0.2, 0) is 41.6 Å². The Balaban J connectivity index is 1.47. The number of aromatic nitrogens is 1. The van der Waals surface area contributed by atoms with Gasteiger partial charge in [-0.1, -0.05) is 48.5 Å². The van der Waals surface area contributed by atoms with Gasteiger partial charge in [0, 0.05) is 82.9 Å². The molecular formula is C35H43N7O7. The van der Waals surface area contributed by atoms with Crippen LogP contribution < -0.4 is 16.0 Å². The molecule has 0 radical (unpaired) electrons. The molecule has 2 fully saturated rings. The van der Waals surface area contributed by atoms with E-state index >= 15 is 0 Å². The lowest BCUT2D eigenvalue weighted by Gasteiger charge is -2.30. The fraction of sp³-hybridized carbons (Fsp3) is 0.429. The molecule has 0 spiro atoms. The van der Waals surface area contributed by atoms with Crippen molar-refractivity contribution in [1.82, 2.24) is 35.6 Å². The van der Waals surface area contributed by atoms with Crippen LogP contribution in [0.4, 0.5) is 0 Å². The molecule has 0 unspecified atom stereocenters. The van der Waals surface area contributed by atoms with Crippen molar-refractivity contribution in [2.45, 2.75) is 56.3 Å². The second-order valence-electron chi connectivity index (χ2n) is 12.7. The highest BCUT2D eigenvalue weighted by molar-refractivity contribution is 5.96. The Bertz CT molecular complexity index is 1690. The monoisotopic (exact) mass is 673 g/mol. The molecule has 2 aliphatic heterocycles. The summed E-state index contributed by atoms with van der Waals surface area (Å²) in [5.41, 5.74) is 2.38. The summed E-state index contributed by atoms with van der Waals surface area (Å²) < 4.78 is 0. The minimum Gasteiger partial charge on any atom is -0.391 e. The number of carbonyl (C=O) groups is 6. The number of aliphatic hydroxyl groups excluding tert-OH is 1. The number of rotatable bonds is 7. The zero-order chi connectivity index (χ0) is 35.1. The standard InChI is InChI=1S/C35H43N7O7/c1-40(2)31(45)12-13-32(46)41-15-14-36-33(47)27(16-22-8-4-3-5-9-22)39-34(48)29-18-24(43)20-42(29)35(49)28(38-30(44)21-41)17-23-19-37-26-11-7-6-10-25(23)26/h3-11,19,24,27-29,37,43H,12-18,20-21H2,1-2H3,(H,36,47)(H,38,44)(H,39,48)/t24-,27+,28-,29+/m1/s1. The highest BCUT2D eigenvalue weighted by atomic mass is 16.3. The molecule has 2 aromatic carbocycles. The second kappa shape index (κ2) is 15.8. The van der Waals surface area contributed by atoms with Crippen molar-refractivity contribution in [1.29, 1.82) is 0 Å². The lowest BCUT2D eigenvalue weighted by molar-refractivity contribution is -0.142. The molecule has 260 valence electrons. The van der Waals surface area contributed by atoms with Crippen LogP contribution in [0.1, 0.15) is 30.4 Å². The van der Waals surface area contributed by atoms with Crippen molar-refractivity contribution in [3.05, 3.63) is 71.9 Å². The van der Waals surface area contributed by atoms with E-state index in [0.29, 0.717) is 0 Å². The Morgan fingerprint density at radius 1 is 0.898 bits per heavy atom. The Morgan fingerprint density at radius 3 is 2.39 bits per heavy atom. The third kappa shape index (κ3) is 8.82. The predicted octanol–water partition coefficient (Wildman–Crippen LogP) is -0.289. The van der Waals surface area contributed by atoms with E-state index in [9.17, 15) is 33.9 Å². The first kappa shape index (κ1) is 35.1. The minimum absolute atomic E-state index is 0.0351. The number of nitrogens with one attached hydrogen (secondary N) is 4. The van der Waals surface area contributed by atoms with Gasteiger partial charge in [-0.15, -0.1) is 0 Å². The molecule has 3 aromatic rings. The average molecular weight is 674 g/mol. The molecule has 2 aliphatic rings. The first-order valence-electron chi connectivity index (χ1n) is 16.4. The molecule has 14 nitrogen and oxygen atoms in total. The summed E-state index contributed by atoms with van der Waals surface area (Å²) in [4.78, 5) is 87.7. The molecular weight excluding hydrogens is 630 g/mol. The van der Waals surface area contributed by atoms with Crippen molar-refractivity contribution in [2.24, 2.45) is 0 Å². The summed E-state index contributed by atoms with van der Waals surface area (Å²) >= 11 is 0. The molecule has 5 N–H and O–H groups in total. The third-order valence-corrected chi connectivity index (χ3v) is 8.93. The third-order valence-electron chi connectivity index (χ3n) is 8.93. The molecule has 5 rings (SSSR count). The van der Waals surface area contributed by atoms with E-state index in [0.717, 1.165) is 22.0 Å². The smallest absolute Gasteiger partial charge is 0.246 e. The molecule has 6 amide bonds. The van der Waals surface area contributed by atoms with Gasteiger partial charge in [0.1, 0.15) is 18.1 Å². The van der Waals surface area contributed by atoms with Gasteiger partial charge in [-0.05, 0) is 17.2 Å². The number of hydrogen-bond acceptors (Lipinski definition) is 7. The van der Waals surface area contributed by atoms with Gasteiger partial charge in [0.05, 0.1) is 12.6 Å². The highest BCUT2D eigenvalue weighted by Crippen LogP contribution is 2.24. The van der Waals surface area contributed by atoms with Gasteiger partial charge >= 0.3 is 0 Å². The summed E-state index contributed by atoms with van der Waals surface area (Å²) in [6.07, 6.45) is 0.711. The van der Waals surface area contributed by atoms with Crippen molar-refractivity contribution in [2.75, 3.05) is 40.3 Å². The summed E-state index contributed by atoms with van der Waals surface area (Å²) in [6.45, 7) is -0.662. The van der Waals surface area contributed by atoms with E-state index in [1.165, 1.54) is 14.7 Å². The Kier molecular flexibility index (Phi) is 11.3. The average Bonchev–Trinajstić information content (AvgIpc) is 3.68. The number of hydrogen-bond donors (Lipinski definition) is 5. The number of aromatic amines is 1. The molecule has 1 aromatic heterocycles. The van der Waals surface area contributed by atoms with Crippen LogP contribution in [0.5, 0.6) is 0 Å². The van der Waals surface area contributed by atoms with Crippen LogP contribution in [0, 0.1) is 0 Å². The van der Waals surface area contributed by atoms with Crippen LogP contribution in [0.15, 0.2) is 60.8 Å². The number of carbonyl (C=O) groups excluding carboxylic acids is 6. The van der Waals surface area contributed by atoms with Crippen LogP contribution in [0.25, 0.3) is 10.9 Å². The number of para-hydroxylation sites is 1. The quantitative estimate of drug-likeness (QED) is 0.228. The largest absolute Gasteiger partial charge is 0.391 e. The minimum atomic E-state index is -1.15. The zero-order valence-electron chi connectivity index (χ0n) is 27.7. The van der Waals surface area contributed by atoms with E-state index in [-0.39, 0.29) is 57.6 Å². The molecule has 14 heteroatoms. The van der Waals surface area contributed by atoms with E-state index in [4.69, 9.17) is 0 Å². The summed E-state index contributed by atoms with van der Waals surface area (Å²) in [6, 6.07) is 13.4. The molecule has 0 aliphatic carbocycles. The maximum atomic E-state index is 14.3. The van der Waals surface area contributed by atoms with Gasteiger partial charge in [-0.2, -0.15) is 0 Å². The Morgan fingerprint density at radius 2 is 1.63 bits per heavy atom. The van der Waals surface area contributed by atoms with Gasteiger partial charge in [0.15, 0.2) is 0 Å². The van der Waals surface area contributed by atoms with Crippen molar-refractivity contribution in [3.63, 3.8) is 0 Å². The second-order valence-corrected chi connectivity index (χ2v) is 12.7. The number of H-pyrrole nitrogens is 1. The molecule has 0 bridgehead atoms. The lowest BCUT2D eigenvalue weighted by Crippen LogP contribution is -2.57. The van der Waals surface area contributed by atoms with E-state index in [1.807, 2.05) is 54.6 Å². The van der Waals surface area contributed by atoms with Crippen molar-refractivity contribution >= 4 is 46.3 Å². The molecule has 4 atom stereocenters. The highest BCUT2D eigenvalue weighted by Gasteiger charge is 2.43. The van der Waals surface area contributed by atoms with E-state index < -0.39 is 60.3 Å². The van der Waals surface area contributed by atoms with Gasteiger partial charge in [-0.25, -0.2) is 0 Å². The first-order valence-corrected chi connectivity index (χ1v) is 16.4. The van der Waals surface area contributed by atoms with Gasteiger partial charge in [0.25, 0.3) is 0 Å². The van der Waals surface area contributed by atoms with Gasteiger partial charge in [-0.3, -0.25) is 28.8 Å². The first-order chi connectivity index (χ1) is 23.5. The zero-order valence-corrected chi connectivity index (χ0v) is 27.7. The summed E-state index contributed by atoms with van der Waals surface area (Å²) in [5.74, 6) is -3.05. The lowest BCUT2D eigenvalue weighted by atomic mass is 10.0. The summed E-state index contributed by atoms with van der Waals surface area (Å²) in [7, 11) is 3.17. The number of amides is 6.